The summed E-state index contributed by atoms with van der Waals surface area (Å²) in [6, 6.07) is 11.7. The Kier molecular flexibility index (Phi) is 7.74. The molecule has 0 atom stereocenters. The van der Waals surface area contributed by atoms with Gasteiger partial charge in [0.25, 0.3) is 0 Å². The van der Waals surface area contributed by atoms with Crippen LogP contribution in [0.5, 0.6) is 5.75 Å². The van der Waals surface area contributed by atoms with Gasteiger partial charge in [-0.1, -0.05) is 31.0 Å². The van der Waals surface area contributed by atoms with Gasteiger partial charge in [0, 0.05) is 19.6 Å². The molecule has 1 N–H and O–H groups in total. The molecule has 2 aromatic carbocycles. The fourth-order valence-corrected chi connectivity index (χ4v) is 6.46. The van der Waals surface area contributed by atoms with Crippen LogP contribution in [0.15, 0.2) is 52.3 Å². The van der Waals surface area contributed by atoms with Crippen LogP contribution in [0.4, 0.5) is 0 Å². The predicted molar refractivity (Wildman–Crippen MR) is 120 cm³/mol. The second kappa shape index (κ2) is 10.1. The molecule has 0 spiro atoms. The first-order valence-corrected chi connectivity index (χ1v) is 13.4. The standard InChI is InChI=1S/C22H30N2O5S2/c1-18-7-12-21(29-2)22(17-18)30(25,26)23-14-13-19-8-10-20(11-9-19)31(27,28)24-15-5-3-4-6-16-24/h7-12,17,23H,3-6,13-16H2,1-2H3. The molecular weight excluding hydrogens is 436 g/mol. The molecule has 1 aliphatic rings. The molecule has 1 saturated heterocycles. The Labute approximate surface area is 185 Å². The number of nitrogens with one attached hydrogen (secondary N) is 1. The molecular formula is C22H30N2O5S2. The summed E-state index contributed by atoms with van der Waals surface area (Å²) in [6.07, 6.45) is 4.36. The first kappa shape index (κ1) is 23.7. The monoisotopic (exact) mass is 466 g/mol. The molecule has 9 heteroatoms. The summed E-state index contributed by atoms with van der Waals surface area (Å²) in [5.74, 6) is 0.293. The van der Waals surface area contributed by atoms with E-state index in [1.54, 1.807) is 46.8 Å². The predicted octanol–water partition coefficient (Wildman–Crippen LogP) is 3.09. The highest BCUT2D eigenvalue weighted by atomic mass is 32.2. The van der Waals surface area contributed by atoms with Crippen molar-refractivity contribution < 1.29 is 21.6 Å². The van der Waals surface area contributed by atoms with Crippen molar-refractivity contribution in [3.05, 3.63) is 53.6 Å². The van der Waals surface area contributed by atoms with Crippen LogP contribution >= 0.6 is 0 Å². The zero-order chi connectivity index (χ0) is 22.5. The zero-order valence-electron chi connectivity index (χ0n) is 18.0. The van der Waals surface area contributed by atoms with Crippen LogP contribution in [-0.4, -0.2) is 47.9 Å². The molecule has 0 aromatic heterocycles. The van der Waals surface area contributed by atoms with Gasteiger partial charge in [0.05, 0.1) is 12.0 Å². The highest BCUT2D eigenvalue weighted by Crippen LogP contribution is 2.25. The topological polar surface area (TPSA) is 92.8 Å². The van der Waals surface area contributed by atoms with Crippen molar-refractivity contribution in [2.45, 2.75) is 48.8 Å². The van der Waals surface area contributed by atoms with E-state index < -0.39 is 20.0 Å². The Morgan fingerprint density at radius 1 is 0.935 bits per heavy atom. The number of nitrogens with zero attached hydrogens (tertiary/aromatic N) is 1. The number of benzene rings is 2. The van der Waals surface area contributed by atoms with Gasteiger partial charge in [-0.05, 0) is 61.6 Å². The third-order valence-electron chi connectivity index (χ3n) is 5.44. The Balaban J connectivity index is 1.64. The zero-order valence-corrected chi connectivity index (χ0v) is 19.6. The fraction of sp³-hybridized carbons (Fsp3) is 0.455. The van der Waals surface area contributed by atoms with Gasteiger partial charge in [-0.25, -0.2) is 21.6 Å². The van der Waals surface area contributed by atoms with Gasteiger partial charge in [-0.3, -0.25) is 0 Å². The number of hydrogen-bond donors (Lipinski definition) is 1. The first-order chi connectivity index (χ1) is 14.7. The molecule has 170 valence electrons. The maximum atomic E-state index is 12.9. The third-order valence-corrected chi connectivity index (χ3v) is 8.84. The van der Waals surface area contributed by atoms with Crippen molar-refractivity contribution in [2.24, 2.45) is 0 Å². The highest BCUT2D eigenvalue weighted by Gasteiger charge is 2.25. The number of aryl methyl sites for hydroxylation is 1. The van der Waals surface area contributed by atoms with Crippen LogP contribution in [0.3, 0.4) is 0 Å². The van der Waals surface area contributed by atoms with Gasteiger partial charge in [0.2, 0.25) is 20.0 Å². The van der Waals surface area contributed by atoms with E-state index in [1.807, 2.05) is 6.92 Å². The first-order valence-electron chi connectivity index (χ1n) is 10.5. The van der Waals surface area contributed by atoms with E-state index in [0.29, 0.717) is 25.3 Å². The second-order valence-corrected chi connectivity index (χ2v) is 11.4. The molecule has 1 heterocycles. The van der Waals surface area contributed by atoms with Crippen molar-refractivity contribution >= 4 is 20.0 Å². The van der Waals surface area contributed by atoms with Gasteiger partial charge in [0.15, 0.2) is 0 Å². The summed E-state index contributed by atoms with van der Waals surface area (Å²) < 4.78 is 60.4. The number of rotatable bonds is 8. The van der Waals surface area contributed by atoms with Crippen molar-refractivity contribution in [3.8, 4) is 5.75 Å². The van der Waals surface area contributed by atoms with Crippen molar-refractivity contribution in [1.29, 1.82) is 0 Å². The maximum Gasteiger partial charge on any atom is 0.244 e. The number of methoxy groups -OCH3 is 1. The van der Waals surface area contributed by atoms with E-state index in [1.165, 1.54) is 7.11 Å². The van der Waals surface area contributed by atoms with Crippen LogP contribution in [0, 0.1) is 6.92 Å². The van der Waals surface area contributed by atoms with Crippen LogP contribution < -0.4 is 9.46 Å². The summed E-state index contributed by atoms with van der Waals surface area (Å²) in [4.78, 5) is 0.386. The van der Waals surface area contributed by atoms with Gasteiger partial charge in [0.1, 0.15) is 10.6 Å². The molecule has 3 rings (SSSR count). The lowest BCUT2D eigenvalue weighted by molar-refractivity contribution is 0.402. The van der Waals surface area contributed by atoms with Gasteiger partial charge >= 0.3 is 0 Å². The normalized spacial score (nSPS) is 16.1. The lowest BCUT2D eigenvalue weighted by Gasteiger charge is -2.20. The molecule has 31 heavy (non-hydrogen) atoms. The van der Waals surface area contributed by atoms with Crippen molar-refractivity contribution in [1.82, 2.24) is 9.03 Å². The van der Waals surface area contributed by atoms with Crippen LogP contribution in [-0.2, 0) is 26.5 Å². The Morgan fingerprint density at radius 3 is 2.19 bits per heavy atom. The lowest BCUT2D eigenvalue weighted by atomic mass is 10.2. The van der Waals surface area contributed by atoms with Crippen LogP contribution in [0.2, 0.25) is 0 Å². The largest absolute Gasteiger partial charge is 0.495 e. The van der Waals surface area contributed by atoms with Crippen molar-refractivity contribution in [2.75, 3.05) is 26.7 Å². The molecule has 0 aliphatic carbocycles. The maximum absolute atomic E-state index is 12.9. The minimum absolute atomic E-state index is 0.105. The fourth-order valence-electron chi connectivity index (χ4n) is 3.66. The lowest BCUT2D eigenvalue weighted by Crippen LogP contribution is -2.31. The van der Waals surface area contributed by atoms with Gasteiger partial charge in [-0.2, -0.15) is 4.31 Å². The molecule has 0 radical (unpaired) electrons. The average molecular weight is 467 g/mol. The molecule has 7 nitrogen and oxygen atoms in total. The SMILES string of the molecule is COc1ccc(C)cc1S(=O)(=O)NCCc1ccc(S(=O)(=O)N2CCCCCC2)cc1. The highest BCUT2D eigenvalue weighted by molar-refractivity contribution is 7.89. The van der Waals surface area contributed by atoms with Gasteiger partial charge in [-0.15, -0.1) is 0 Å². The van der Waals surface area contributed by atoms with E-state index >= 15 is 0 Å². The van der Waals surface area contributed by atoms with E-state index in [4.69, 9.17) is 4.74 Å². The van der Waals surface area contributed by atoms with Crippen LogP contribution in [0.1, 0.15) is 36.8 Å². The molecule has 1 fully saturated rings. The summed E-state index contributed by atoms with van der Waals surface area (Å²) >= 11 is 0. The van der Waals surface area contributed by atoms with Crippen molar-refractivity contribution in [3.63, 3.8) is 0 Å². The quantitative estimate of drug-likeness (QED) is 0.645. The summed E-state index contributed by atoms with van der Waals surface area (Å²) in [6.45, 7) is 3.14. The smallest absolute Gasteiger partial charge is 0.244 e. The minimum atomic E-state index is -3.72. The molecule has 0 saturated carbocycles. The van der Waals surface area contributed by atoms with E-state index in [0.717, 1.165) is 36.8 Å². The van der Waals surface area contributed by atoms with E-state index in [-0.39, 0.29) is 16.3 Å². The summed E-state index contributed by atoms with van der Waals surface area (Å²) in [5, 5.41) is 0. The number of hydrogen-bond acceptors (Lipinski definition) is 5. The molecule has 1 aliphatic heterocycles. The molecule has 0 amide bonds. The van der Waals surface area contributed by atoms with E-state index in [9.17, 15) is 16.8 Å². The molecule has 0 unspecified atom stereocenters. The van der Waals surface area contributed by atoms with Crippen LogP contribution in [0.25, 0.3) is 0 Å². The third kappa shape index (κ3) is 5.85. The second-order valence-electron chi connectivity index (χ2n) is 7.76. The molecule has 0 bridgehead atoms. The summed E-state index contributed by atoms with van der Waals surface area (Å²) in [5.41, 5.74) is 1.68. The Bertz CT molecular complexity index is 1090. The molecule has 2 aromatic rings. The summed E-state index contributed by atoms with van der Waals surface area (Å²) in [7, 11) is -5.77. The average Bonchev–Trinajstić information content (AvgIpc) is 3.04. The van der Waals surface area contributed by atoms with Gasteiger partial charge < -0.3 is 4.74 Å². The Hall–Kier alpha value is -1.94. The Morgan fingerprint density at radius 2 is 1.58 bits per heavy atom. The number of ether oxygens (including phenoxy) is 1. The minimum Gasteiger partial charge on any atom is -0.495 e. The number of sulfonamides is 2. The van der Waals surface area contributed by atoms with E-state index in [2.05, 4.69) is 4.72 Å².